The van der Waals surface area contributed by atoms with Crippen LogP contribution in [0, 0.1) is 0 Å². The molecule has 0 saturated carbocycles. The van der Waals surface area contributed by atoms with Gasteiger partial charge in [0, 0.05) is 18.7 Å². The van der Waals surface area contributed by atoms with E-state index in [0.717, 1.165) is 11.1 Å². The molecule has 3 rings (SSSR count). The number of amides is 3. The number of rotatable bonds is 8. The number of anilines is 1. The maximum atomic E-state index is 12.5. The van der Waals surface area contributed by atoms with E-state index in [1.54, 1.807) is 24.3 Å². The van der Waals surface area contributed by atoms with Crippen LogP contribution < -0.4 is 20.7 Å². The Labute approximate surface area is 176 Å². The summed E-state index contributed by atoms with van der Waals surface area (Å²) in [5.74, 6) is 0.478. The van der Waals surface area contributed by atoms with E-state index in [9.17, 15) is 9.59 Å². The third-order valence-electron chi connectivity index (χ3n) is 4.35. The highest BCUT2D eigenvalue weighted by Gasteiger charge is 2.16. The van der Waals surface area contributed by atoms with Crippen molar-refractivity contribution in [2.75, 3.05) is 18.5 Å². The summed E-state index contributed by atoms with van der Waals surface area (Å²) in [5, 5.41) is 8.56. The van der Waals surface area contributed by atoms with E-state index >= 15 is 0 Å². The van der Waals surface area contributed by atoms with Gasteiger partial charge < -0.3 is 20.7 Å². The Bertz CT molecular complexity index is 922. The highest BCUT2D eigenvalue weighted by atomic mass is 16.5. The number of carbonyl (C=O) groups excluding carboxylic acids is 2. The molecule has 0 aliphatic carbocycles. The van der Waals surface area contributed by atoms with Crippen molar-refractivity contribution >= 4 is 17.6 Å². The molecule has 0 aliphatic heterocycles. The molecule has 0 fully saturated rings. The van der Waals surface area contributed by atoms with Gasteiger partial charge in [-0.25, -0.2) is 4.79 Å². The summed E-state index contributed by atoms with van der Waals surface area (Å²) in [7, 11) is 0. The monoisotopic (exact) mass is 403 g/mol. The van der Waals surface area contributed by atoms with E-state index in [2.05, 4.69) is 16.0 Å². The van der Waals surface area contributed by atoms with Crippen molar-refractivity contribution in [3.63, 3.8) is 0 Å². The van der Waals surface area contributed by atoms with Crippen LogP contribution in [0.15, 0.2) is 84.9 Å². The van der Waals surface area contributed by atoms with Crippen molar-refractivity contribution < 1.29 is 14.3 Å². The van der Waals surface area contributed by atoms with Gasteiger partial charge in [-0.3, -0.25) is 4.79 Å². The third kappa shape index (κ3) is 6.38. The minimum atomic E-state index is -0.275. The van der Waals surface area contributed by atoms with Gasteiger partial charge in [0.25, 0.3) is 0 Å². The van der Waals surface area contributed by atoms with Crippen LogP contribution in [0.2, 0.25) is 0 Å². The summed E-state index contributed by atoms with van der Waals surface area (Å²) < 4.78 is 5.66. The fraction of sp³-hybridized carbons (Fsp3) is 0.167. The van der Waals surface area contributed by atoms with Crippen LogP contribution in [-0.2, 0) is 4.79 Å². The van der Waals surface area contributed by atoms with Crippen molar-refractivity contribution in [2.45, 2.75) is 13.0 Å². The summed E-state index contributed by atoms with van der Waals surface area (Å²) in [4.78, 5) is 23.6. The van der Waals surface area contributed by atoms with Gasteiger partial charge in [0.2, 0.25) is 5.91 Å². The van der Waals surface area contributed by atoms with Crippen LogP contribution in [0.3, 0.4) is 0 Å². The zero-order valence-corrected chi connectivity index (χ0v) is 16.8. The minimum absolute atomic E-state index is 0.142. The summed E-state index contributed by atoms with van der Waals surface area (Å²) in [5.41, 5.74) is 2.68. The van der Waals surface area contributed by atoms with Gasteiger partial charge in [0.15, 0.2) is 0 Å². The van der Waals surface area contributed by atoms with E-state index in [0.29, 0.717) is 24.6 Å². The topological polar surface area (TPSA) is 79.5 Å². The SMILES string of the molecule is CC(=O)Nc1cccc(OCCNC(=O)NC(c2ccccc2)c2ccccc2)c1. The van der Waals surface area contributed by atoms with Crippen molar-refractivity contribution in [3.8, 4) is 5.75 Å². The Morgan fingerprint density at radius 1 is 0.867 bits per heavy atom. The Balaban J connectivity index is 1.52. The lowest BCUT2D eigenvalue weighted by Crippen LogP contribution is -2.40. The van der Waals surface area contributed by atoms with Gasteiger partial charge in [-0.1, -0.05) is 66.7 Å². The average molecular weight is 403 g/mol. The number of nitrogens with one attached hydrogen (secondary N) is 3. The summed E-state index contributed by atoms with van der Waals surface area (Å²) in [6.45, 7) is 2.10. The fourth-order valence-corrected chi connectivity index (χ4v) is 3.03. The van der Waals surface area contributed by atoms with Gasteiger partial charge in [0.05, 0.1) is 12.6 Å². The first-order valence-electron chi connectivity index (χ1n) is 9.76. The molecule has 3 amide bonds. The van der Waals surface area contributed by atoms with E-state index in [1.165, 1.54) is 6.92 Å². The molecule has 3 aromatic carbocycles. The van der Waals surface area contributed by atoms with E-state index in [-0.39, 0.29) is 18.0 Å². The molecule has 3 aromatic rings. The zero-order chi connectivity index (χ0) is 21.2. The first kappa shape index (κ1) is 20.9. The second-order valence-corrected chi connectivity index (χ2v) is 6.71. The van der Waals surface area contributed by atoms with E-state index in [1.807, 2.05) is 60.7 Å². The normalized spacial score (nSPS) is 10.3. The predicted octanol–water partition coefficient (Wildman–Crippen LogP) is 4.11. The highest BCUT2D eigenvalue weighted by molar-refractivity contribution is 5.88. The van der Waals surface area contributed by atoms with Crippen LogP contribution in [-0.4, -0.2) is 25.1 Å². The first-order chi connectivity index (χ1) is 14.6. The largest absolute Gasteiger partial charge is 0.492 e. The van der Waals surface area contributed by atoms with E-state index in [4.69, 9.17) is 4.74 Å². The molecule has 0 radical (unpaired) electrons. The molecule has 6 heteroatoms. The maximum absolute atomic E-state index is 12.5. The highest BCUT2D eigenvalue weighted by Crippen LogP contribution is 2.21. The molecular weight excluding hydrogens is 378 g/mol. The summed E-state index contributed by atoms with van der Waals surface area (Å²) in [6.07, 6.45) is 0. The Kier molecular flexibility index (Phi) is 7.44. The molecule has 3 N–H and O–H groups in total. The van der Waals surface area contributed by atoms with Crippen molar-refractivity contribution in [2.24, 2.45) is 0 Å². The van der Waals surface area contributed by atoms with Gasteiger partial charge >= 0.3 is 6.03 Å². The number of ether oxygens (including phenoxy) is 1. The molecule has 0 heterocycles. The molecule has 30 heavy (non-hydrogen) atoms. The number of hydrogen-bond acceptors (Lipinski definition) is 3. The molecule has 154 valence electrons. The third-order valence-corrected chi connectivity index (χ3v) is 4.35. The van der Waals surface area contributed by atoms with Gasteiger partial charge in [0.1, 0.15) is 12.4 Å². The van der Waals surface area contributed by atoms with Crippen LogP contribution in [0.5, 0.6) is 5.75 Å². The lowest BCUT2D eigenvalue weighted by Gasteiger charge is -2.20. The van der Waals surface area contributed by atoms with Crippen molar-refractivity contribution in [1.82, 2.24) is 10.6 Å². The Morgan fingerprint density at radius 2 is 1.50 bits per heavy atom. The lowest BCUT2D eigenvalue weighted by molar-refractivity contribution is -0.114. The number of benzene rings is 3. The molecule has 0 atom stereocenters. The standard InChI is InChI=1S/C24H25N3O3/c1-18(28)26-21-13-8-14-22(17-21)30-16-15-25-24(29)27-23(19-9-4-2-5-10-19)20-11-6-3-7-12-20/h2-14,17,23H,15-16H2,1H3,(H,26,28)(H2,25,27,29). The number of hydrogen-bond donors (Lipinski definition) is 3. The molecule has 0 aromatic heterocycles. The molecule has 0 aliphatic rings. The average Bonchev–Trinajstić information content (AvgIpc) is 2.76. The summed E-state index contributed by atoms with van der Waals surface area (Å²) >= 11 is 0. The van der Waals surface area contributed by atoms with E-state index < -0.39 is 0 Å². The second kappa shape index (κ2) is 10.7. The molecule has 0 spiro atoms. The van der Waals surface area contributed by atoms with Gasteiger partial charge in [-0.05, 0) is 23.3 Å². The number of urea groups is 1. The quantitative estimate of drug-likeness (QED) is 0.495. The zero-order valence-electron chi connectivity index (χ0n) is 16.8. The van der Waals surface area contributed by atoms with Crippen LogP contribution in [0.25, 0.3) is 0 Å². The Hall–Kier alpha value is -3.80. The maximum Gasteiger partial charge on any atom is 0.315 e. The van der Waals surface area contributed by atoms with Crippen molar-refractivity contribution in [3.05, 3.63) is 96.1 Å². The predicted molar refractivity (Wildman–Crippen MR) is 118 cm³/mol. The smallest absolute Gasteiger partial charge is 0.315 e. The first-order valence-corrected chi connectivity index (χ1v) is 9.76. The minimum Gasteiger partial charge on any atom is -0.492 e. The van der Waals surface area contributed by atoms with Crippen LogP contribution in [0.4, 0.5) is 10.5 Å². The lowest BCUT2D eigenvalue weighted by atomic mass is 9.99. The van der Waals surface area contributed by atoms with Crippen molar-refractivity contribution in [1.29, 1.82) is 0 Å². The fourth-order valence-electron chi connectivity index (χ4n) is 3.03. The van der Waals surface area contributed by atoms with Crippen LogP contribution >= 0.6 is 0 Å². The molecule has 0 unspecified atom stereocenters. The molecule has 6 nitrogen and oxygen atoms in total. The van der Waals surface area contributed by atoms with Gasteiger partial charge in [-0.2, -0.15) is 0 Å². The number of carbonyl (C=O) groups is 2. The molecule has 0 bridgehead atoms. The second-order valence-electron chi connectivity index (χ2n) is 6.71. The Morgan fingerprint density at radius 3 is 2.10 bits per heavy atom. The van der Waals surface area contributed by atoms with Gasteiger partial charge in [-0.15, -0.1) is 0 Å². The molecular formula is C24H25N3O3. The molecule has 0 saturated heterocycles. The summed E-state index contributed by atoms with van der Waals surface area (Å²) in [6, 6.07) is 26.3. The van der Waals surface area contributed by atoms with Crippen LogP contribution in [0.1, 0.15) is 24.1 Å².